The maximum atomic E-state index is 12.3. The lowest BCUT2D eigenvalue weighted by Gasteiger charge is -2.14. The highest BCUT2D eigenvalue weighted by Crippen LogP contribution is 2.20. The summed E-state index contributed by atoms with van der Waals surface area (Å²) in [6, 6.07) is 7.65. The highest BCUT2D eigenvalue weighted by Gasteiger charge is 2.14. The van der Waals surface area contributed by atoms with Crippen LogP contribution in [0.15, 0.2) is 24.3 Å². The van der Waals surface area contributed by atoms with Gasteiger partial charge in [0.2, 0.25) is 5.91 Å². The number of carbonyl (C=O) groups is 1. The van der Waals surface area contributed by atoms with Crippen molar-refractivity contribution in [2.45, 2.75) is 52.1 Å². The molecule has 0 spiro atoms. The van der Waals surface area contributed by atoms with Gasteiger partial charge < -0.3 is 10.1 Å². The number of nitrogens with zero attached hydrogens (tertiary/aromatic N) is 2. The number of aromatic amines is 1. The summed E-state index contributed by atoms with van der Waals surface area (Å²) in [7, 11) is 1.62. The summed E-state index contributed by atoms with van der Waals surface area (Å²) >= 11 is 5.28. The Morgan fingerprint density at radius 2 is 2.08 bits per heavy atom. The number of hydrogen-bond acceptors (Lipinski definition) is 4. The molecular formula is C18H26N4O2S. The first kappa shape index (κ1) is 19.2. The van der Waals surface area contributed by atoms with Crippen LogP contribution in [0.25, 0.3) is 11.4 Å². The molecule has 136 valence electrons. The largest absolute Gasteiger partial charge is 0.497 e. The second-order valence-corrected chi connectivity index (χ2v) is 6.52. The van der Waals surface area contributed by atoms with Gasteiger partial charge in [-0.1, -0.05) is 26.2 Å². The lowest BCUT2D eigenvalue weighted by molar-refractivity contribution is -0.122. The Balaban J connectivity index is 2.05. The highest BCUT2D eigenvalue weighted by atomic mass is 32.1. The van der Waals surface area contributed by atoms with E-state index in [-0.39, 0.29) is 18.5 Å². The van der Waals surface area contributed by atoms with Crippen LogP contribution in [0.2, 0.25) is 0 Å². The third-order valence-electron chi connectivity index (χ3n) is 4.06. The van der Waals surface area contributed by atoms with Gasteiger partial charge in [-0.2, -0.15) is 5.10 Å². The predicted octanol–water partition coefficient (Wildman–Crippen LogP) is 3.70. The van der Waals surface area contributed by atoms with Gasteiger partial charge in [-0.15, -0.1) is 0 Å². The number of unbranched alkanes of at least 4 members (excludes halogenated alkanes) is 2. The Kier molecular flexibility index (Phi) is 7.18. The van der Waals surface area contributed by atoms with Crippen molar-refractivity contribution in [2.24, 2.45) is 0 Å². The van der Waals surface area contributed by atoms with Crippen LogP contribution in [0.4, 0.5) is 0 Å². The Bertz CT molecular complexity index is 736. The molecule has 2 N–H and O–H groups in total. The van der Waals surface area contributed by atoms with E-state index < -0.39 is 0 Å². The maximum absolute atomic E-state index is 12.3. The van der Waals surface area contributed by atoms with E-state index in [9.17, 15) is 4.79 Å². The quantitative estimate of drug-likeness (QED) is 0.527. The van der Waals surface area contributed by atoms with Crippen LogP contribution in [0.5, 0.6) is 5.75 Å². The van der Waals surface area contributed by atoms with E-state index in [4.69, 9.17) is 17.0 Å². The van der Waals surface area contributed by atoms with Gasteiger partial charge in [-0.25, -0.2) is 0 Å². The molecule has 0 aliphatic carbocycles. The maximum Gasteiger partial charge on any atom is 0.240 e. The second-order valence-electron chi connectivity index (χ2n) is 6.13. The average Bonchev–Trinajstić information content (AvgIpc) is 2.96. The Labute approximate surface area is 153 Å². The normalized spacial score (nSPS) is 12.0. The van der Waals surface area contributed by atoms with Gasteiger partial charge >= 0.3 is 0 Å². The SMILES string of the molecule is CCCCCC(C)NC(=O)Cn1c(-c2ccc(OC)cc2)n[nH]c1=S. The molecular weight excluding hydrogens is 336 g/mol. The molecule has 0 saturated carbocycles. The summed E-state index contributed by atoms with van der Waals surface area (Å²) in [4.78, 5) is 12.3. The van der Waals surface area contributed by atoms with E-state index in [1.807, 2.05) is 31.2 Å². The number of H-pyrrole nitrogens is 1. The Morgan fingerprint density at radius 1 is 1.36 bits per heavy atom. The zero-order valence-corrected chi connectivity index (χ0v) is 15.9. The lowest BCUT2D eigenvalue weighted by Crippen LogP contribution is -2.35. The van der Waals surface area contributed by atoms with Crippen molar-refractivity contribution in [3.05, 3.63) is 29.0 Å². The van der Waals surface area contributed by atoms with Crippen LogP contribution in [0.3, 0.4) is 0 Å². The molecule has 1 aromatic carbocycles. The molecule has 0 radical (unpaired) electrons. The molecule has 7 heteroatoms. The van der Waals surface area contributed by atoms with E-state index >= 15 is 0 Å². The number of hydrogen-bond donors (Lipinski definition) is 2. The summed E-state index contributed by atoms with van der Waals surface area (Å²) < 4.78 is 7.31. The van der Waals surface area contributed by atoms with Crippen molar-refractivity contribution in [1.82, 2.24) is 20.1 Å². The molecule has 1 amide bonds. The smallest absolute Gasteiger partial charge is 0.240 e. The molecule has 0 saturated heterocycles. The zero-order valence-electron chi connectivity index (χ0n) is 15.0. The van der Waals surface area contributed by atoms with Crippen LogP contribution in [-0.2, 0) is 11.3 Å². The molecule has 1 atom stereocenters. The van der Waals surface area contributed by atoms with Crippen LogP contribution in [0.1, 0.15) is 39.5 Å². The number of aromatic nitrogens is 3. The standard InChI is InChI=1S/C18H26N4O2S/c1-4-5-6-7-13(2)19-16(23)12-22-17(20-21-18(22)25)14-8-10-15(24-3)11-9-14/h8-11,13H,4-7,12H2,1-3H3,(H,19,23)(H,21,25). The van der Waals surface area contributed by atoms with Crippen LogP contribution in [-0.4, -0.2) is 33.8 Å². The van der Waals surface area contributed by atoms with Crippen LogP contribution < -0.4 is 10.1 Å². The third-order valence-corrected chi connectivity index (χ3v) is 4.37. The van der Waals surface area contributed by atoms with Gasteiger partial charge in [-0.05, 0) is 49.8 Å². The molecule has 0 bridgehead atoms. The Morgan fingerprint density at radius 3 is 2.72 bits per heavy atom. The molecule has 25 heavy (non-hydrogen) atoms. The fraction of sp³-hybridized carbons (Fsp3) is 0.500. The van der Waals surface area contributed by atoms with E-state index in [0.717, 1.165) is 24.2 Å². The van der Waals surface area contributed by atoms with Crippen molar-refractivity contribution < 1.29 is 9.53 Å². The summed E-state index contributed by atoms with van der Waals surface area (Å²) in [5.41, 5.74) is 0.872. The minimum absolute atomic E-state index is 0.0590. The van der Waals surface area contributed by atoms with E-state index in [0.29, 0.717) is 10.6 Å². The molecule has 1 aromatic heterocycles. The van der Waals surface area contributed by atoms with Crippen molar-refractivity contribution in [3.63, 3.8) is 0 Å². The number of nitrogens with one attached hydrogen (secondary N) is 2. The number of rotatable bonds is 9. The average molecular weight is 362 g/mol. The zero-order chi connectivity index (χ0) is 18.2. The predicted molar refractivity (Wildman–Crippen MR) is 101 cm³/mol. The summed E-state index contributed by atoms with van der Waals surface area (Å²) in [5, 5.41) is 10.1. The number of methoxy groups -OCH3 is 1. The fourth-order valence-electron chi connectivity index (χ4n) is 2.66. The van der Waals surface area contributed by atoms with Crippen LogP contribution in [0, 0.1) is 4.77 Å². The highest BCUT2D eigenvalue weighted by molar-refractivity contribution is 7.71. The first-order valence-corrected chi connectivity index (χ1v) is 9.05. The molecule has 0 fully saturated rings. The fourth-order valence-corrected chi connectivity index (χ4v) is 2.86. The van der Waals surface area contributed by atoms with Crippen molar-refractivity contribution in [3.8, 4) is 17.1 Å². The lowest BCUT2D eigenvalue weighted by atomic mass is 10.1. The first-order valence-electron chi connectivity index (χ1n) is 8.64. The van der Waals surface area contributed by atoms with Gasteiger partial charge in [-0.3, -0.25) is 14.5 Å². The number of ether oxygens (including phenoxy) is 1. The third kappa shape index (κ3) is 5.42. The minimum Gasteiger partial charge on any atom is -0.497 e. The second kappa shape index (κ2) is 9.36. The summed E-state index contributed by atoms with van der Waals surface area (Å²) in [6.07, 6.45) is 4.48. The van der Waals surface area contributed by atoms with E-state index in [1.54, 1.807) is 11.7 Å². The number of benzene rings is 1. The molecule has 2 rings (SSSR count). The monoisotopic (exact) mass is 362 g/mol. The summed E-state index contributed by atoms with van der Waals surface area (Å²) in [5.74, 6) is 1.35. The molecule has 0 aliphatic rings. The molecule has 2 aromatic rings. The first-order chi connectivity index (χ1) is 12.0. The van der Waals surface area contributed by atoms with Gasteiger partial charge in [0.05, 0.1) is 7.11 Å². The Hall–Kier alpha value is -2.15. The molecule has 1 heterocycles. The summed E-state index contributed by atoms with van der Waals surface area (Å²) in [6.45, 7) is 4.35. The van der Waals surface area contributed by atoms with Gasteiger partial charge in [0.15, 0.2) is 10.6 Å². The number of amides is 1. The van der Waals surface area contributed by atoms with Crippen molar-refractivity contribution in [2.75, 3.05) is 7.11 Å². The topological polar surface area (TPSA) is 71.9 Å². The molecule has 1 unspecified atom stereocenters. The number of carbonyl (C=O) groups excluding carboxylic acids is 1. The van der Waals surface area contributed by atoms with E-state index in [1.165, 1.54) is 12.8 Å². The van der Waals surface area contributed by atoms with Gasteiger partial charge in [0, 0.05) is 11.6 Å². The van der Waals surface area contributed by atoms with Gasteiger partial charge in [0.25, 0.3) is 0 Å². The minimum atomic E-state index is -0.0590. The van der Waals surface area contributed by atoms with E-state index in [2.05, 4.69) is 22.4 Å². The molecule has 0 aliphatic heterocycles. The van der Waals surface area contributed by atoms with Crippen LogP contribution >= 0.6 is 12.2 Å². The van der Waals surface area contributed by atoms with Crippen molar-refractivity contribution >= 4 is 18.1 Å². The van der Waals surface area contributed by atoms with Gasteiger partial charge in [0.1, 0.15) is 12.3 Å². The van der Waals surface area contributed by atoms with Crippen molar-refractivity contribution in [1.29, 1.82) is 0 Å². The molecule has 6 nitrogen and oxygen atoms in total.